The molecule has 0 aromatic carbocycles. The molecule has 0 aliphatic carbocycles. The van der Waals surface area contributed by atoms with Crippen molar-refractivity contribution in [1.82, 2.24) is 30.1 Å². The highest BCUT2D eigenvalue weighted by Gasteiger charge is 2.21. The molecule has 2 aromatic rings. The third-order valence-electron chi connectivity index (χ3n) is 5.17. The van der Waals surface area contributed by atoms with Gasteiger partial charge in [-0.05, 0) is 45.2 Å². The summed E-state index contributed by atoms with van der Waals surface area (Å²) in [6.45, 7) is 9.49. The first-order chi connectivity index (χ1) is 13.1. The van der Waals surface area contributed by atoms with E-state index in [1.165, 1.54) is 0 Å². The molecule has 2 aromatic heterocycles. The zero-order valence-electron chi connectivity index (χ0n) is 17.2. The zero-order chi connectivity index (χ0) is 19.2. The van der Waals surface area contributed by atoms with Crippen molar-refractivity contribution in [2.45, 2.75) is 52.2 Å². The van der Waals surface area contributed by atoms with Crippen molar-refractivity contribution >= 4 is 29.9 Å². The number of imidazole rings is 1. The van der Waals surface area contributed by atoms with Gasteiger partial charge in [0.25, 0.3) is 0 Å². The van der Waals surface area contributed by atoms with E-state index in [0.717, 1.165) is 49.1 Å². The minimum atomic E-state index is 0. The highest BCUT2D eigenvalue weighted by atomic mass is 127. The Balaban J connectivity index is 0.00000280. The topological polar surface area (TPSA) is 70.4 Å². The van der Waals surface area contributed by atoms with Crippen molar-refractivity contribution in [3.8, 4) is 5.82 Å². The number of rotatable bonds is 5. The van der Waals surface area contributed by atoms with E-state index in [-0.39, 0.29) is 24.0 Å². The number of guanidine groups is 1. The molecule has 2 N–H and O–H groups in total. The van der Waals surface area contributed by atoms with Gasteiger partial charge in [0.2, 0.25) is 0 Å². The van der Waals surface area contributed by atoms with Gasteiger partial charge in [0.1, 0.15) is 11.6 Å². The van der Waals surface area contributed by atoms with E-state index in [0.29, 0.717) is 18.6 Å². The molecule has 0 atom stereocenters. The van der Waals surface area contributed by atoms with E-state index < -0.39 is 0 Å². The third kappa shape index (κ3) is 5.91. The van der Waals surface area contributed by atoms with Gasteiger partial charge in [-0.1, -0.05) is 6.07 Å². The molecule has 0 saturated carbocycles. The maximum absolute atomic E-state index is 4.54. The number of nitrogens with zero attached hydrogens (tertiary/aromatic N) is 5. The van der Waals surface area contributed by atoms with Crippen LogP contribution in [0.25, 0.3) is 5.82 Å². The van der Waals surface area contributed by atoms with Gasteiger partial charge in [0, 0.05) is 57.4 Å². The Bertz CT molecular complexity index is 746. The molecule has 1 saturated heterocycles. The Labute approximate surface area is 185 Å². The maximum atomic E-state index is 4.54. The van der Waals surface area contributed by atoms with E-state index in [2.05, 4.69) is 50.4 Å². The number of nitrogens with one attached hydrogen (secondary N) is 2. The summed E-state index contributed by atoms with van der Waals surface area (Å²) in [6.07, 6.45) is 7.91. The van der Waals surface area contributed by atoms with Crippen molar-refractivity contribution in [3.05, 3.63) is 42.1 Å². The molecule has 1 aliphatic heterocycles. The van der Waals surface area contributed by atoms with Gasteiger partial charge in [-0.3, -0.25) is 9.56 Å². The second-order valence-electron chi connectivity index (χ2n) is 7.34. The number of likely N-dealkylation sites (tertiary alicyclic amines) is 1. The van der Waals surface area contributed by atoms with Crippen LogP contribution in [0.5, 0.6) is 0 Å². The zero-order valence-corrected chi connectivity index (χ0v) is 19.6. The number of aryl methyl sites for hydroxylation is 1. The minimum absolute atomic E-state index is 0. The van der Waals surface area contributed by atoms with Gasteiger partial charge in [0.05, 0.1) is 0 Å². The summed E-state index contributed by atoms with van der Waals surface area (Å²) >= 11 is 0. The molecule has 1 fully saturated rings. The lowest BCUT2D eigenvalue weighted by atomic mass is 10.0. The van der Waals surface area contributed by atoms with Crippen LogP contribution in [0.3, 0.4) is 0 Å². The summed E-state index contributed by atoms with van der Waals surface area (Å²) in [6, 6.07) is 5.22. The number of hydrogen-bond acceptors (Lipinski definition) is 4. The molecule has 7 nitrogen and oxygen atoms in total. The van der Waals surface area contributed by atoms with Crippen LogP contribution in [-0.2, 0) is 6.54 Å². The van der Waals surface area contributed by atoms with Crippen molar-refractivity contribution in [1.29, 1.82) is 0 Å². The predicted octanol–water partition coefficient (Wildman–Crippen LogP) is 2.73. The molecule has 0 spiro atoms. The summed E-state index contributed by atoms with van der Waals surface area (Å²) in [5.41, 5.74) is 1.12. The second kappa shape index (κ2) is 10.8. The second-order valence-corrected chi connectivity index (χ2v) is 7.34. The summed E-state index contributed by atoms with van der Waals surface area (Å²) in [7, 11) is 1.82. The normalized spacial score (nSPS) is 16.1. The average molecular weight is 497 g/mol. The molecular weight excluding hydrogens is 465 g/mol. The number of aliphatic imine (C=N–C) groups is 1. The van der Waals surface area contributed by atoms with Crippen LogP contribution < -0.4 is 10.6 Å². The van der Waals surface area contributed by atoms with E-state index in [9.17, 15) is 0 Å². The van der Waals surface area contributed by atoms with Crippen molar-refractivity contribution < 1.29 is 0 Å². The van der Waals surface area contributed by atoms with E-state index in [1.807, 2.05) is 37.0 Å². The highest BCUT2D eigenvalue weighted by Crippen LogP contribution is 2.13. The maximum Gasteiger partial charge on any atom is 0.191 e. The van der Waals surface area contributed by atoms with Crippen LogP contribution in [0.4, 0.5) is 0 Å². The smallest absolute Gasteiger partial charge is 0.191 e. The standard InChI is InChI=1S/C20H31N7.HI/c1-15(2)26-10-7-18(8-11-26)25-20(21-4)24-14-17-5-6-19(23-13-17)27-12-9-22-16(27)3;/h5-6,9,12-13,15,18H,7-8,10-11,14H2,1-4H3,(H2,21,24,25);1H. The van der Waals surface area contributed by atoms with Crippen LogP contribution in [0.15, 0.2) is 35.7 Å². The third-order valence-corrected chi connectivity index (χ3v) is 5.17. The van der Waals surface area contributed by atoms with Crippen LogP contribution in [0.1, 0.15) is 38.1 Å². The summed E-state index contributed by atoms with van der Waals surface area (Å²) in [4.78, 5) is 15.7. The first-order valence-electron chi connectivity index (χ1n) is 9.73. The molecule has 3 heterocycles. The number of pyridine rings is 1. The molecule has 0 amide bonds. The fourth-order valence-electron chi connectivity index (χ4n) is 3.42. The lowest BCUT2D eigenvalue weighted by Gasteiger charge is -2.35. The largest absolute Gasteiger partial charge is 0.354 e. The molecule has 3 rings (SSSR count). The van der Waals surface area contributed by atoms with Gasteiger partial charge in [-0.15, -0.1) is 24.0 Å². The summed E-state index contributed by atoms with van der Waals surface area (Å²) in [5.74, 6) is 2.67. The molecule has 1 aliphatic rings. The molecule has 28 heavy (non-hydrogen) atoms. The van der Waals surface area contributed by atoms with Gasteiger partial charge in [-0.25, -0.2) is 9.97 Å². The van der Waals surface area contributed by atoms with Crippen molar-refractivity contribution in [3.63, 3.8) is 0 Å². The quantitative estimate of drug-likeness (QED) is 0.378. The van der Waals surface area contributed by atoms with E-state index in [1.54, 1.807) is 6.20 Å². The van der Waals surface area contributed by atoms with E-state index >= 15 is 0 Å². The monoisotopic (exact) mass is 497 g/mol. The Morgan fingerprint density at radius 3 is 2.54 bits per heavy atom. The molecular formula is C20H32IN7. The Morgan fingerprint density at radius 2 is 2.00 bits per heavy atom. The Hall–Kier alpha value is -1.68. The highest BCUT2D eigenvalue weighted by molar-refractivity contribution is 14.0. The molecule has 0 bridgehead atoms. The lowest BCUT2D eigenvalue weighted by molar-refractivity contribution is 0.167. The number of hydrogen-bond donors (Lipinski definition) is 2. The van der Waals surface area contributed by atoms with Crippen LogP contribution >= 0.6 is 24.0 Å². The number of halogens is 1. The lowest BCUT2D eigenvalue weighted by Crippen LogP contribution is -2.49. The summed E-state index contributed by atoms with van der Waals surface area (Å²) in [5, 5.41) is 6.95. The van der Waals surface area contributed by atoms with E-state index in [4.69, 9.17) is 0 Å². The summed E-state index contributed by atoms with van der Waals surface area (Å²) < 4.78 is 1.97. The van der Waals surface area contributed by atoms with Gasteiger partial charge < -0.3 is 15.5 Å². The molecule has 0 unspecified atom stereocenters. The first-order valence-corrected chi connectivity index (χ1v) is 9.73. The molecule has 8 heteroatoms. The average Bonchev–Trinajstić information content (AvgIpc) is 3.12. The predicted molar refractivity (Wildman–Crippen MR) is 125 cm³/mol. The SMILES string of the molecule is CN=C(NCc1ccc(-n2ccnc2C)nc1)NC1CCN(C(C)C)CC1.I. The minimum Gasteiger partial charge on any atom is -0.354 e. The van der Waals surface area contributed by atoms with Gasteiger partial charge >= 0.3 is 0 Å². The fraction of sp³-hybridized carbons (Fsp3) is 0.550. The Morgan fingerprint density at radius 1 is 1.25 bits per heavy atom. The van der Waals surface area contributed by atoms with Gasteiger partial charge in [-0.2, -0.15) is 0 Å². The Kier molecular flexibility index (Phi) is 8.68. The fourth-order valence-corrected chi connectivity index (χ4v) is 3.42. The van der Waals surface area contributed by atoms with Gasteiger partial charge in [0.15, 0.2) is 5.96 Å². The van der Waals surface area contributed by atoms with Crippen LogP contribution in [0, 0.1) is 6.92 Å². The number of aromatic nitrogens is 3. The van der Waals surface area contributed by atoms with Crippen molar-refractivity contribution in [2.75, 3.05) is 20.1 Å². The molecule has 154 valence electrons. The number of piperidine rings is 1. The van der Waals surface area contributed by atoms with Crippen LogP contribution in [-0.4, -0.2) is 57.6 Å². The van der Waals surface area contributed by atoms with Crippen molar-refractivity contribution in [2.24, 2.45) is 4.99 Å². The first kappa shape index (κ1) is 22.6. The molecule has 0 radical (unpaired) electrons. The van der Waals surface area contributed by atoms with Crippen LogP contribution in [0.2, 0.25) is 0 Å².